The van der Waals surface area contributed by atoms with Gasteiger partial charge in [-0.1, -0.05) is 71.0 Å². The van der Waals surface area contributed by atoms with Crippen LogP contribution in [0, 0.1) is 0 Å². The van der Waals surface area contributed by atoms with Crippen molar-refractivity contribution in [3.63, 3.8) is 0 Å². The maximum Gasteiger partial charge on any atom is 0.261 e. The predicted molar refractivity (Wildman–Crippen MR) is 133 cm³/mol. The largest absolute Gasteiger partial charge is 0.483 e. The number of rotatable bonds is 10. The first-order valence-corrected chi connectivity index (χ1v) is 12.0. The molecule has 0 aliphatic heterocycles. The smallest absolute Gasteiger partial charge is 0.261 e. The second-order valence-electron chi connectivity index (χ2n) is 8.91. The molecule has 0 saturated heterocycles. The molecular weight excluding hydrogens is 468 g/mol. The number of carbonyl (C=O) groups is 2. The molecule has 2 rings (SSSR count). The summed E-state index contributed by atoms with van der Waals surface area (Å²) in [6.07, 6.45) is 1.37. The number of nitrogens with one attached hydrogen (secondary N) is 1. The summed E-state index contributed by atoms with van der Waals surface area (Å²) in [6.45, 7) is 11.2. The highest BCUT2D eigenvalue weighted by Crippen LogP contribution is 2.31. The number of hydrogen-bond acceptors (Lipinski definition) is 3. The van der Waals surface area contributed by atoms with Crippen molar-refractivity contribution in [3.05, 3.63) is 64.1 Å². The van der Waals surface area contributed by atoms with Crippen LogP contribution in [0.25, 0.3) is 0 Å². The zero-order chi connectivity index (χ0) is 23.7. The molecule has 5 nitrogen and oxygen atoms in total. The molecule has 1 N–H and O–H groups in total. The van der Waals surface area contributed by atoms with Gasteiger partial charge in [0, 0.05) is 13.1 Å². The van der Waals surface area contributed by atoms with Crippen molar-refractivity contribution in [3.8, 4) is 5.75 Å². The lowest BCUT2D eigenvalue weighted by atomic mass is 9.87. The molecule has 0 aliphatic carbocycles. The van der Waals surface area contributed by atoms with Crippen LogP contribution in [0.2, 0.25) is 0 Å². The third-order valence-electron chi connectivity index (χ3n) is 5.28. The molecule has 0 spiro atoms. The molecular formula is C26H35BrN2O3. The van der Waals surface area contributed by atoms with E-state index in [1.165, 1.54) is 5.56 Å². The van der Waals surface area contributed by atoms with Crippen LogP contribution in [0.1, 0.15) is 58.6 Å². The molecule has 0 heterocycles. The van der Waals surface area contributed by atoms with Gasteiger partial charge in [0.2, 0.25) is 5.91 Å². The molecule has 174 valence electrons. The van der Waals surface area contributed by atoms with Gasteiger partial charge in [0.15, 0.2) is 6.61 Å². The van der Waals surface area contributed by atoms with E-state index < -0.39 is 6.04 Å². The number of carbonyl (C=O) groups excluding carboxylic acids is 2. The number of amides is 2. The molecule has 0 aliphatic rings. The van der Waals surface area contributed by atoms with Crippen molar-refractivity contribution in [1.29, 1.82) is 0 Å². The van der Waals surface area contributed by atoms with E-state index in [9.17, 15) is 9.59 Å². The van der Waals surface area contributed by atoms with Gasteiger partial charge in [-0.2, -0.15) is 0 Å². The summed E-state index contributed by atoms with van der Waals surface area (Å²) in [7, 11) is 0. The Morgan fingerprint density at radius 2 is 1.78 bits per heavy atom. The SMILES string of the molecule is CCCNC(=O)C(CC)N(Cc1ccccc1)C(=O)COc1ccc(C(C)(C)C)cc1Br. The van der Waals surface area contributed by atoms with Crippen LogP contribution < -0.4 is 10.1 Å². The highest BCUT2D eigenvalue weighted by Gasteiger charge is 2.29. The maximum atomic E-state index is 13.2. The molecule has 2 aromatic carbocycles. The van der Waals surface area contributed by atoms with Gasteiger partial charge < -0.3 is 15.0 Å². The summed E-state index contributed by atoms with van der Waals surface area (Å²) in [4.78, 5) is 27.6. The maximum absolute atomic E-state index is 13.2. The van der Waals surface area contributed by atoms with Crippen LogP contribution in [0.3, 0.4) is 0 Å². The van der Waals surface area contributed by atoms with Crippen LogP contribution in [0.4, 0.5) is 0 Å². The van der Waals surface area contributed by atoms with Gasteiger partial charge in [-0.15, -0.1) is 0 Å². The van der Waals surface area contributed by atoms with E-state index in [-0.39, 0.29) is 23.8 Å². The lowest BCUT2D eigenvalue weighted by Crippen LogP contribution is -2.50. The summed E-state index contributed by atoms with van der Waals surface area (Å²) in [5, 5.41) is 2.93. The lowest BCUT2D eigenvalue weighted by Gasteiger charge is -2.30. The summed E-state index contributed by atoms with van der Waals surface area (Å²) < 4.78 is 6.68. The van der Waals surface area contributed by atoms with Gasteiger partial charge in [0.1, 0.15) is 11.8 Å². The van der Waals surface area contributed by atoms with Gasteiger partial charge in [-0.25, -0.2) is 0 Å². The van der Waals surface area contributed by atoms with E-state index in [0.717, 1.165) is 16.5 Å². The second-order valence-corrected chi connectivity index (χ2v) is 9.76. The molecule has 2 amide bonds. The first kappa shape index (κ1) is 25.9. The fourth-order valence-electron chi connectivity index (χ4n) is 3.37. The first-order chi connectivity index (χ1) is 15.2. The fraction of sp³-hybridized carbons (Fsp3) is 0.462. The van der Waals surface area contributed by atoms with E-state index in [0.29, 0.717) is 25.3 Å². The normalized spacial score (nSPS) is 12.2. The number of benzene rings is 2. The number of halogens is 1. The van der Waals surface area contributed by atoms with Crippen LogP contribution in [-0.4, -0.2) is 35.9 Å². The third kappa shape index (κ3) is 7.37. The quantitative estimate of drug-likeness (QED) is 0.469. The van der Waals surface area contributed by atoms with Crippen LogP contribution in [-0.2, 0) is 21.5 Å². The van der Waals surface area contributed by atoms with E-state index in [1.807, 2.05) is 62.4 Å². The first-order valence-electron chi connectivity index (χ1n) is 11.2. The number of ether oxygens (including phenoxy) is 1. The van der Waals surface area contributed by atoms with E-state index in [2.05, 4.69) is 42.0 Å². The van der Waals surface area contributed by atoms with E-state index in [1.54, 1.807) is 4.90 Å². The molecule has 1 unspecified atom stereocenters. The van der Waals surface area contributed by atoms with Crippen molar-refractivity contribution >= 4 is 27.7 Å². The molecule has 0 aromatic heterocycles. The van der Waals surface area contributed by atoms with Gasteiger partial charge >= 0.3 is 0 Å². The monoisotopic (exact) mass is 502 g/mol. The molecule has 6 heteroatoms. The Labute approximate surface area is 200 Å². The van der Waals surface area contributed by atoms with Crippen LogP contribution in [0.15, 0.2) is 53.0 Å². The molecule has 2 aromatic rings. The summed E-state index contributed by atoms with van der Waals surface area (Å²) in [5.74, 6) is 0.253. The Balaban J connectivity index is 2.19. The molecule has 32 heavy (non-hydrogen) atoms. The Morgan fingerprint density at radius 1 is 1.09 bits per heavy atom. The summed E-state index contributed by atoms with van der Waals surface area (Å²) >= 11 is 3.56. The van der Waals surface area contributed by atoms with Crippen molar-refractivity contribution < 1.29 is 14.3 Å². The molecule has 0 saturated carbocycles. The summed E-state index contributed by atoms with van der Waals surface area (Å²) in [5.41, 5.74) is 2.16. The van der Waals surface area contributed by atoms with Gasteiger partial charge in [-0.3, -0.25) is 9.59 Å². The zero-order valence-corrected chi connectivity index (χ0v) is 21.4. The minimum absolute atomic E-state index is 0.0174. The van der Waals surface area contributed by atoms with E-state index in [4.69, 9.17) is 4.74 Å². The van der Waals surface area contributed by atoms with Crippen molar-refractivity contribution in [1.82, 2.24) is 10.2 Å². The minimum atomic E-state index is -0.551. The Morgan fingerprint density at radius 3 is 2.34 bits per heavy atom. The van der Waals surface area contributed by atoms with Crippen molar-refractivity contribution in [2.45, 2.75) is 65.5 Å². The number of hydrogen-bond donors (Lipinski definition) is 1. The standard InChI is InChI=1S/C26H35BrN2O3/c1-6-15-28-25(31)22(7-2)29(17-19-11-9-8-10-12-19)24(30)18-32-23-14-13-20(16-21(23)27)26(3,4)5/h8-14,16,22H,6-7,15,17-18H2,1-5H3,(H,28,31). The average molecular weight is 503 g/mol. The van der Waals surface area contributed by atoms with Gasteiger partial charge in [0.25, 0.3) is 5.91 Å². The molecule has 0 radical (unpaired) electrons. The lowest BCUT2D eigenvalue weighted by molar-refractivity contribution is -0.143. The zero-order valence-electron chi connectivity index (χ0n) is 19.8. The highest BCUT2D eigenvalue weighted by molar-refractivity contribution is 9.10. The van der Waals surface area contributed by atoms with Crippen LogP contribution >= 0.6 is 15.9 Å². The van der Waals surface area contributed by atoms with Gasteiger partial charge in [0.05, 0.1) is 4.47 Å². The molecule has 0 fully saturated rings. The van der Waals surface area contributed by atoms with Crippen molar-refractivity contribution in [2.75, 3.05) is 13.2 Å². The molecule has 1 atom stereocenters. The molecule has 0 bridgehead atoms. The van der Waals surface area contributed by atoms with Crippen LogP contribution in [0.5, 0.6) is 5.75 Å². The predicted octanol–water partition coefficient (Wildman–Crippen LogP) is 5.46. The minimum Gasteiger partial charge on any atom is -0.483 e. The average Bonchev–Trinajstić information content (AvgIpc) is 2.76. The summed E-state index contributed by atoms with van der Waals surface area (Å²) in [6, 6.07) is 15.1. The number of nitrogens with zero attached hydrogens (tertiary/aromatic N) is 1. The van der Waals surface area contributed by atoms with E-state index >= 15 is 0 Å². The van der Waals surface area contributed by atoms with Crippen molar-refractivity contribution in [2.24, 2.45) is 0 Å². The highest BCUT2D eigenvalue weighted by atomic mass is 79.9. The Hall–Kier alpha value is -2.34. The Kier molecular flexibility index (Phi) is 9.76. The second kappa shape index (κ2) is 12.0. The van der Waals surface area contributed by atoms with Gasteiger partial charge in [-0.05, 0) is 57.4 Å². The topological polar surface area (TPSA) is 58.6 Å². The fourth-order valence-corrected chi connectivity index (χ4v) is 3.87. The Bertz CT molecular complexity index is 894. The third-order valence-corrected chi connectivity index (χ3v) is 5.90.